The van der Waals surface area contributed by atoms with E-state index in [0.717, 1.165) is 15.3 Å². The fourth-order valence-electron chi connectivity index (χ4n) is 2.88. The van der Waals surface area contributed by atoms with E-state index in [1.807, 2.05) is 17.5 Å². The van der Waals surface area contributed by atoms with Crippen molar-refractivity contribution in [2.24, 2.45) is 0 Å². The Hall–Kier alpha value is -2.65. The van der Waals surface area contributed by atoms with Crippen LogP contribution < -0.4 is 5.32 Å². The summed E-state index contributed by atoms with van der Waals surface area (Å²) in [5.74, 6) is -0.834. The number of amides is 2. The van der Waals surface area contributed by atoms with E-state index in [2.05, 4.69) is 5.32 Å². The van der Waals surface area contributed by atoms with Crippen molar-refractivity contribution in [3.05, 3.63) is 44.5 Å². The molecule has 0 bridgehead atoms. The van der Waals surface area contributed by atoms with Gasteiger partial charge in [0.15, 0.2) is 0 Å². The first-order chi connectivity index (χ1) is 13.5. The molecule has 1 aliphatic heterocycles. The van der Waals surface area contributed by atoms with Gasteiger partial charge in [-0.3, -0.25) is 4.79 Å². The van der Waals surface area contributed by atoms with Crippen LogP contribution in [0.3, 0.4) is 0 Å². The number of carbonyl (C=O) groups is 3. The van der Waals surface area contributed by atoms with Gasteiger partial charge in [0.1, 0.15) is 5.00 Å². The number of methoxy groups -OCH3 is 1. The van der Waals surface area contributed by atoms with Crippen LogP contribution in [0, 0.1) is 0 Å². The molecule has 28 heavy (non-hydrogen) atoms. The number of carbonyl (C=O) groups excluding carboxylic acids is 3. The first-order valence-corrected chi connectivity index (χ1v) is 10.4. The molecule has 0 fully saturated rings. The molecule has 0 spiro atoms. The topological polar surface area (TPSA) is 84.9 Å². The van der Waals surface area contributed by atoms with Gasteiger partial charge in [-0.2, -0.15) is 0 Å². The number of nitrogens with zero attached hydrogens (tertiary/aromatic N) is 1. The third-order valence-corrected chi connectivity index (χ3v) is 6.12. The lowest BCUT2D eigenvalue weighted by molar-refractivity contribution is -0.111. The van der Waals surface area contributed by atoms with E-state index in [0.29, 0.717) is 36.7 Å². The second kappa shape index (κ2) is 9.03. The smallest absolute Gasteiger partial charge is 0.410 e. The van der Waals surface area contributed by atoms with E-state index in [4.69, 9.17) is 9.47 Å². The van der Waals surface area contributed by atoms with Gasteiger partial charge in [-0.1, -0.05) is 6.07 Å². The summed E-state index contributed by atoms with van der Waals surface area (Å²) in [5.41, 5.74) is 1.18. The highest BCUT2D eigenvalue weighted by Crippen LogP contribution is 2.37. The van der Waals surface area contributed by atoms with Crippen LogP contribution in [0.5, 0.6) is 0 Å². The minimum Gasteiger partial charge on any atom is -0.465 e. The summed E-state index contributed by atoms with van der Waals surface area (Å²) in [7, 11) is 1.31. The average molecular weight is 421 g/mol. The predicted octanol–water partition coefficient (Wildman–Crippen LogP) is 3.76. The first kappa shape index (κ1) is 20.1. The normalized spacial score (nSPS) is 13.3. The van der Waals surface area contributed by atoms with Crippen molar-refractivity contribution in [2.45, 2.75) is 19.9 Å². The van der Waals surface area contributed by atoms with E-state index in [-0.39, 0.29) is 12.0 Å². The summed E-state index contributed by atoms with van der Waals surface area (Å²) < 4.78 is 9.97. The zero-order valence-corrected chi connectivity index (χ0v) is 17.2. The van der Waals surface area contributed by atoms with Gasteiger partial charge in [0.05, 0.1) is 25.8 Å². The van der Waals surface area contributed by atoms with Gasteiger partial charge in [0.2, 0.25) is 5.91 Å². The van der Waals surface area contributed by atoms with E-state index >= 15 is 0 Å². The van der Waals surface area contributed by atoms with E-state index in [9.17, 15) is 14.4 Å². The molecule has 1 N–H and O–H groups in total. The van der Waals surface area contributed by atoms with Crippen LogP contribution in [0.15, 0.2) is 23.6 Å². The molecule has 0 aliphatic carbocycles. The maximum atomic E-state index is 12.3. The van der Waals surface area contributed by atoms with Gasteiger partial charge >= 0.3 is 12.1 Å². The minimum atomic E-state index is -0.500. The molecule has 7 nitrogen and oxygen atoms in total. The largest absolute Gasteiger partial charge is 0.465 e. The predicted molar refractivity (Wildman–Crippen MR) is 109 cm³/mol. The molecular formula is C19H20N2O5S2. The summed E-state index contributed by atoms with van der Waals surface area (Å²) in [6.07, 6.45) is 3.26. The number of thiophene rings is 2. The summed E-state index contributed by atoms with van der Waals surface area (Å²) >= 11 is 2.81. The van der Waals surface area contributed by atoms with Crippen LogP contribution in [0.1, 0.15) is 32.6 Å². The van der Waals surface area contributed by atoms with Gasteiger partial charge in [0.25, 0.3) is 0 Å². The molecule has 3 heterocycles. The van der Waals surface area contributed by atoms with Crippen LogP contribution >= 0.6 is 22.7 Å². The zero-order chi connectivity index (χ0) is 20.1. The van der Waals surface area contributed by atoms with Crippen LogP contribution in [-0.4, -0.2) is 43.1 Å². The number of hydrogen-bond acceptors (Lipinski definition) is 7. The van der Waals surface area contributed by atoms with Crippen LogP contribution in [0.2, 0.25) is 0 Å². The molecule has 2 aromatic heterocycles. The zero-order valence-electron chi connectivity index (χ0n) is 15.5. The number of ether oxygens (including phenoxy) is 2. The van der Waals surface area contributed by atoms with Gasteiger partial charge in [-0.25, -0.2) is 9.59 Å². The molecule has 0 saturated carbocycles. The summed E-state index contributed by atoms with van der Waals surface area (Å²) in [5, 5.41) is 5.14. The second-order valence-electron chi connectivity index (χ2n) is 5.91. The Morgan fingerprint density at radius 1 is 1.36 bits per heavy atom. The number of esters is 1. The standard InChI is InChI=1S/C19H20N2O5S2/c1-3-26-19(24)21-9-8-13-14(11-21)28-17(16(13)18(23)25-2)20-15(22)7-6-12-5-4-10-27-12/h4-7,10H,3,8-9,11H2,1-2H3,(H,20,22)/b7-6+. The average Bonchev–Trinajstić information content (AvgIpc) is 3.32. The van der Waals surface area contributed by atoms with Crippen molar-refractivity contribution < 1.29 is 23.9 Å². The lowest BCUT2D eigenvalue weighted by Crippen LogP contribution is -2.36. The molecule has 0 atom stereocenters. The van der Waals surface area contributed by atoms with Gasteiger partial charge in [-0.15, -0.1) is 22.7 Å². The molecular weight excluding hydrogens is 400 g/mol. The fraction of sp³-hybridized carbons (Fsp3) is 0.316. The van der Waals surface area contributed by atoms with Crippen molar-refractivity contribution in [1.29, 1.82) is 0 Å². The SMILES string of the molecule is CCOC(=O)N1CCc2c(sc(NC(=O)/C=C/c3cccs3)c2C(=O)OC)C1. The van der Waals surface area contributed by atoms with Crippen LogP contribution in [-0.2, 0) is 27.2 Å². The van der Waals surface area contributed by atoms with Crippen molar-refractivity contribution in [3.63, 3.8) is 0 Å². The van der Waals surface area contributed by atoms with Gasteiger partial charge < -0.3 is 19.7 Å². The van der Waals surface area contributed by atoms with Crippen molar-refractivity contribution in [2.75, 3.05) is 25.6 Å². The van der Waals surface area contributed by atoms with Crippen molar-refractivity contribution >= 4 is 51.7 Å². The fourth-order valence-corrected chi connectivity index (χ4v) is 4.75. The molecule has 9 heteroatoms. The Labute approximate surface area is 170 Å². The van der Waals surface area contributed by atoms with Crippen LogP contribution in [0.25, 0.3) is 6.08 Å². The lowest BCUT2D eigenvalue weighted by atomic mass is 10.0. The molecule has 0 aromatic carbocycles. The van der Waals surface area contributed by atoms with Crippen molar-refractivity contribution in [3.8, 4) is 0 Å². The quantitative estimate of drug-likeness (QED) is 0.588. The Kier molecular flexibility index (Phi) is 6.48. The van der Waals surface area contributed by atoms with Crippen LogP contribution in [0.4, 0.5) is 9.80 Å². The minimum absolute atomic E-state index is 0.303. The number of rotatable bonds is 5. The highest BCUT2D eigenvalue weighted by Gasteiger charge is 2.31. The number of fused-ring (bicyclic) bond motifs is 1. The molecule has 0 saturated heterocycles. The summed E-state index contributed by atoms with van der Waals surface area (Å²) in [6, 6.07) is 3.81. The number of anilines is 1. The molecule has 3 rings (SSSR count). The number of nitrogens with one attached hydrogen (secondary N) is 1. The maximum Gasteiger partial charge on any atom is 0.410 e. The van der Waals surface area contributed by atoms with Crippen molar-refractivity contribution in [1.82, 2.24) is 4.90 Å². The third kappa shape index (κ3) is 4.42. The number of hydrogen-bond donors (Lipinski definition) is 1. The van der Waals surface area contributed by atoms with E-state index < -0.39 is 5.97 Å². The van der Waals surface area contributed by atoms with Gasteiger partial charge in [-0.05, 0) is 36.4 Å². The molecule has 0 radical (unpaired) electrons. The molecule has 2 aromatic rings. The second-order valence-corrected chi connectivity index (χ2v) is 7.99. The third-order valence-electron chi connectivity index (χ3n) is 4.15. The monoisotopic (exact) mass is 420 g/mol. The highest BCUT2D eigenvalue weighted by atomic mass is 32.1. The first-order valence-electron chi connectivity index (χ1n) is 8.70. The molecule has 1 aliphatic rings. The molecule has 148 valence electrons. The lowest BCUT2D eigenvalue weighted by Gasteiger charge is -2.26. The summed E-state index contributed by atoms with van der Waals surface area (Å²) in [6.45, 7) is 2.84. The maximum absolute atomic E-state index is 12.3. The Bertz CT molecular complexity index is 902. The Morgan fingerprint density at radius 3 is 2.86 bits per heavy atom. The van der Waals surface area contributed by atoms with Gasteiger partial charge in [0, 0.05) is 22.4 Å². The highest BCUT2D eigenvalue weighted by molar-refractivity contribution is 7.17. The summed E-state index contributed by atoms with van der Waals surface area (Å²) in [4.78, 5) is 40.0. The van der Waals surface area contributed by atoms with E-state index in [1.54, 1.807) is 17.9 Å². The Morgan fingerprint density at radius 2 is 2.18 bits per heavy atom. The molecule has 0 unspecified atom stereocenters. The van der Waals surface area contributed by atoms with E-state index in [1.165, 1.54) is 35.9 Å². The Balaban J connectivity index is 1.82. The molecule has 2 amide bonds.